The van der Waals surface area contributed by atoms with Crippen LogP contribution < -0.4 is 0 Å². The van der Waals surface area contributed by atoms with E-state index in [0.29, 0.717) is 5.41 Å². The summed E-state index contributed by atoms with van der Waals surface area (Å²) in [5, 5.41) is 0. The molecule has 3 heteroatoms. The summed E-state index contributed by atoms with van der Waals surface area (Å²) in [4.78, 5) is 12.5. The van der Waals surface area contributed by atoms with Crippen LogP contribution in [0.1, 0.15) is 59.8 Å². The van der Waals surface area contributed by atoms with E-state index in [4.69, 9.17) is 4.74 Å². The standard InChI is InChI=1S/C16H26O2S/c1-14(2)11-6-8-15(14,3)12(10-11)18-13(17)16(4)7-5-9-19-16/h11-12H,5-10H2,1-4H3. The fraction of sp³-hybridized carbons (Fsp3) is 0.938. The minimum Gasteiger partial charge on any atom is -0.461 e. The maximum atomic E-state index is 12.5. The summed E-state index contributed by atoms with van der Waals surface area (Å²) in [5.74, 6) is 1.88. The quantitative estimate of drug-likeness (QED) is 0.715. The minimum absolute atomic E-state index is 0.0459. The summed E-state index contributed by atoms with van der Waals surface area (Å²) in [6, 6.07) is 0. The third kappa shape index (κ3) is 1.80. The topological polar surface area (TPSA) is 26.3 Å². The molecule has 4 unspecified atom stereocenters. The molecule has 0 spiro atoms. The van der Waals surface area contributed by atoms with Gasteiger partial charge in [0.25, 0.3) is 0 Å². The lowest BCUT2D eigenvalue weighted by atomic mass is 9.70. The van der Waals surface area contributed by atoms with Gasteiger partial charge in [-0.15, -0.1) is 11.8 Å². The van der Waals surface area contributed by atoms with E-state index >= 15 is 0 Å². The predicted molar refractivity (Wildman–Crippen MR) is 79.2 cm³/mol. The second-order valence-corrected chi connectivity index (χ2v) is 9.29. The zero-order valence-electron chi connectivity index (χ0n) is 12.6. The number of carbonyl (C=O) groups excluding carboxylic acids is 1. The molecule has 0 amide bonds. The van der Waals surface area contributed by atoms with E-state index in [1.165, 1.54) is 12.8 Å². The molecule has 0 aromatic heterocycles. The Hall–Kier alpha value is -0.180. The Labute approximate surface area is 121 Å². The Morgan fingerprint density at radius 2 is 1.95 bits per heavy atom. The van der Waals surface area contributed by atoms with Crippen molar-refractivity contribution in [3.63, 3.8) is 0 Å². The summed E-state index contributed by atoms with van der Waals surface area (Å²) in [7, 11) is 0. The summed E-state index contributed by atoms with van der Waals surface area (Å²) >= 11 is 1.78. The highest BCUT2D eigenvalue weighted by Crippen LogP contribution is 2.66. The number of rotatable bonds is 2. The third-order valence-corrected chi connectivity index (χ3v) is 8.11. The zero-order chi connectivity index (χ0) is 13.9. The van der Waals surface area contributed by atoms with Crippen molar-refractivity contribution in [2.45, 2.75) is 70.7 Å². The first-order valence-corrected chi connectivity index (χ1v) is 8.63. The molecule has 0 radical (unpaired) electrons. The molecule has 0 aromatic carbocycles. The number of carbonyl (C=O) groups is 1. The second-order valence-electron chi connectivity index (χ2n) is 7.69. The third-order valence-electron chi connectivity index (χ3n) is 6.61. The van der Waals surface area contributed by atoms with Crippen LogP contribution in [0, 0.1) is 16.7 Å². The van der Waals surface area contributed by atoms with Gasteiger partial charge in [0.05, 0.1) is 0 Å². The highest BCUT2D eigenvalue weighted by atomic mass is 32.2. The van der Waals surface area contributed by atoms with Gasteiger partial charge in [-0.1, -0.05) is 20.8 Å². The van der Waals surface area contributed by atoms with E-state index in [0.717, 1.165) is 30.9 Å². The number of ether oxygens (including phenoxy) is 1. The number of fused-ring (bicyclic) bond motifs is 2. The first kappa shape index (κ1) is 13.8. The van der Waals surface area contributed by atoms with Crippen molar-refractivity contribution in [2.24, 2.45) is 16.7 Å². The van der Waals surface area contributed by atoms with E-state index < -0.39 is 0 Å². The molecule has 3 aliphatic rings. The van der Waals surface area contributed by atoms with Crippen LogP contribution in [0.4, 0.5) is 0 Å². The highest BCUT2D eigenvalue weighted by Gasteiger charge is 2.63. The van der Waals surface area contributed by atoms with E-state index in [1.54, 1.807) is 11.8 Å². The molecular weight excluding hydrogens is 256 g/mol. The molecular formula is C16H26O2S. The zero-order valence-corrected chi connectivity index (χ0v) is 13.4. The normalized spacial score (nSPS) is 47.6. The molecule has 3 rings (SSSR count). The average Bonchev–Trinajstić information content (AvgIpc) is 2.92. The van der Waals surface area contributed by atoms with Gasteiger partial charge in [0.1, 0.15) is 10.9 Å². The molecule has 1 saturated heterocycles. The molecule has 4 atom stereocenters. The van der Waals surface area contributed by atoms with Crippen molar-refractivity contribution in [3.05, 3.63) is 0 Å². The van der Waals surface area contributed by atoms with Crippen LogP contribution in [-0.2, 0) is 9.53 Å². The van der Waals surface area contributed by atoms with Crippen molar-refractivity contribution < 1.29 is 9.53 Å². The van der Waals surface area contributed by atoms with Crippen LogP contribution in [0.25, 0.3) is 0 Å². The molecule has 0 aromatic rings. The summed E-state index contributed by atoms with van der Waals surface area (Å²) in [6.45, 7) is 9.13. The molecule has 2 bridgehead atoms. The Bertz CT molecular complexity index is 398. The fourth-order valence-electron chi connectivity index (χ4n) is 4.50. The number of hydrogen-bond donors (Lipinski definition) is 0. The lowest BCUT2D eigenvalue weighted by molar-refractivity contribution is -0.159. The Balaban J connectivity index is 1.74. The monoisotopic (exact) mass is 282 g/mol. The second kappa shape index (κ2) is 4.16. The summed E-state index contributed by atoms with van der Waals surface area (Å²) in [6.07, 6.45) is 5.87. The highest BCUT2D eigenvalue weighted by molar-refractivity contribution is 8.01. The SMILES string of the molecule is CC1(C(=O)OC2CC3CCC2(C)C3(C)C)CCCS1. The van der Waals surface area contributed by atoms with Gasteiger partial charge >= 0.3 is 5.97 Å². The van der Waals surface area contributed by atoms with Gasteiger partial charge < -0.3 is 4.74 Å². The first-order chi connectivity index (χ1) is 8.80. The summed E-state index contributed by atoms with van der Waals surface area (Å²) in [5.41, 5.74) is 0.509. The molecule has 1 aliphatic heterocycles. The van der Waals surface area contributed by atoms with Gasteiger partial charge in [-0.3, -0.25) is 4.79 Å². The van der Waals surface area contributed by atoms with Gasteiger partial charge in [-0.25, -0.2) is 0 Å². The number of thioether (sulfide) groups is 1. The number of esters is 1. The average molecular weight is 282 g/mol. The molecule has 3 fully saturated rings. The van der Waals surface area contributed by atoms with Crippen LogP contribution in [-0.4, -0.2) is 22.6 Å². The van der Waals surface area contributed by atoms with Gasteiger partial charge in [-0.05, 0) is 56.1 Å². The van der Waals surface area contributed by atoms with Crippen LogP contribution in [0.15, 0.2) is 0 Å². The van der Waals surface area contributed by atoms with E-state index in [9.17, 15) is 4.79 Å². The van der Waals surface area contributed by atoms with Crippen LogP contribution in [0.3, 0.4) is 0 Å². The molecule has 2 saturated carbocycles. The Kier molecular flexibility index (Phi) is 3.02. The molecule has 2 nitrogen and oxygen atoms in total. The predicted octanol–water partition coefficient (Wildman–Crippen LogP) is 4.03. The van der Waals surface area contributed by atoms with Crippen LogP contribution in [0.2, 0.25) is 0 Å². The van der Waals surface area contributed by atoms with Crippen LogP contribution >= 0.6 is 11.8 Å². The van der Waals surface area contributed by atoms with Gasteiger partial charge in [0.2, 0.25) is 0 Å². The van der Waals surface area contributed by atoms with Crippen LogP contribution in [0.5, 0.6) is 0 Å². The Morgan fingerprint density at radius 1 is 1.21 bits per heavy atom. The smallest absolute Gasteiger partial charge is 0.322 e. The maximum absolute atomic E-state index is 12.5. The van der Waals surface area contributed by atoms with Gasteiger partial charge in [0.15, 0.2) is 0 Å². The van der Waals surface area contributed by atoms with Crippen molar-refractivity contribution in [3.8, 4) is 0 Å². The fourth-order valence-corrected chi connectivity index (χ4v) is 5.70. The van der Waals surface area contributed by atoms with E-state index in [1.807, 2.05) is 0 Å². The molecule has 108 valence electrons. The van der Waals surface area contributed by atoms with Gasteiger partial charge in [0, 0.05) is 5.41 Å². The van der Waals surface area contributed by atoms with Crippen molar-refractivity contribution in [1.82, 2.24) is 0 Å². The lowest BCUT2D eigenvalue weighted by Crippen LogP contribution is -2.42. The largest absolute Gasteiger partial charge is 0.461 e. The van der Waals surface area contributed by atoms with Crippen molar-refractivity contribution in [2.75, 3.05) is 5.75 Å². The van der Waals surface area contributed by atoms with Gasteiger partial charge in [-0.2, -0.15) is 0 Å². The molecule has 0 N–H and O–H groups in total. The molecule has 1 heterocycles. The van der Waals surface area contributed by atoms with Crippen molar-refractivity contribution in [1.29, 1.82) is 0 Å². The van der Waals surface area contributed by atoms with E-state index in [-0.39, 0.29) is 22.2 Å². The number of hydrogen-bond acceptors (Lipinski definition) is 3. The first-order valence-electron chi connectivity index (χ1n) is 7.65. The Morgan fingerprint density at radius 3 is 2.42 bits per heavy atom. The summed E-state index contributed by atoms with van der Waals surface area (Å²) < 4.78 is 5.74. The molecule has 19 heavy (non-hydrogen) atoms. The maximum Gasteiger partial charge on any atom is 0.322 e. The van der Waals surface area contributed by atoms with Crippen molar-refractivity contribution >= 4 is 17.7 Å². The molecule has 2 aliphatic carbocycles. The van der Waals surface area contributed by atoms with E-state index in [2.05, 4.69) is 27.7 Å². The minimum atomic E-state index is -0.275. The lowest BCUT2D eigenvalue weighted by Gasteiger charge is -2.39.